The van der Waals surface area contributed by atoms with Gasteiger partial charge in [0, 0.05) is 24.5 Å². The molecule has 8 nitrogen and oxygen atoms in total. The van der Waals surface area contributed by atoms with Gasteiger partial charge in [-0.2, -0.15) is 4.31 Å². The average molecular weight is 413 g/mol. The van der Waals surface area contributed by atoms with Crippen LogP contribution in [0, 0.1) is 0 Å². The lowest BCUT2D eigenvalue weighted by Gasteiger charge is -2.16. The van der Waals surface area contributed by atoms with Crippen LogP contribution in [0.3, 0.4) is 0 Å². The number of thiophene rings is 1. The monoisotopic (exact) mass is 412 g/mol. The van der Waals surface area contributed by atoms with Crippen LogP contribution in [0.25, 0.3) is 0 Å². The van der Waals surface area contributed by atoms with E-state index < -0.39 is 15.9 Å². The van der Waals surface area contributed by atoms with Crippen LogP contribution >= 0.6 is 23.7 Å². The Balaban J connectivity index is 0.00000576. The molecule has 0 bridgehead atoms. The van der Waals surface area contributed by atoms with Gasteiger partial charge >= 0.3 is 0 Å². The zero-order valence-corrected chi connectivity index (χ0v) is 16.7. The number of carbonyl (C=O) groups is 2. The lowest BCUT2D eigenvalue weighted by Crippen LogP contribution is -2.39. The van der Waals surface area contributed by atoms with E-state index in [1.807, 2.05) is 0 Å². The molecule has 0 aliphatic rings. The molecule has 1 heterocycles. The van der Waals surface area contributed by atoms with Gasteiger partial charge in [-0.05, 0) is 18.6 Å². The minimum atomic E-state index is -3.44. The highest BCUT2D eigenvalue weighted by Gasteiger charge is 2.23. The smallest absolute Gasteiger partial charge is 0.252 e. The van der Waals surface area contributed by atoms with Gasteiger partial charge in [0.15, 0.2) is 0 Å². The summed E-state index contributed by atoms with van der Waals surface area (Å²) >= 11 is 1.21. The predicted molar refractivity (Wildman–Crippen MR) is 100 cm³/mol. The van der Waals surface area contributed by atoms with Crippen LogP contribution < -0.4 is 16.4 Å². The summed E-state index contributed by atoms with van der Waals surface area (Å²) in [7, 11) is -3.44. The minimum absolute atomic E-state index is 0. The Morgan fingerprint density at radius 3 is 2.36 bits per heavy atom. The number of hydrogen-bond acceptors (Lipinski definition) is 6. The van der Waals surface area contributed by atoms with Crippen molar-refractivity contribution in [2.75, 3.05) is 32.7 Å². The molecule has 0 saturated carbocycles. The molecule has 0 atom stereocenters. The maximum absolute atomic E-state index is 12.4. The second kappa shape index (κ2) is 11.4. The van der Waals surface area contributed by atoms with E-state index in [9.17, 15) is 18.0 Å². The van der Waals surface area contributed by atoms with Crippen LogP contribution in [0.5, 0.6) is 0 Å². The van der Waals surface area contributed by atoms with Crippen molar-refractivity contribution in [3.05, 3.63) is 17.0 Å². The number of nitrogens with one attached hydrogen (secondary N) is 2. The van der Waals surface area contributed by atoms with E-state index >= 15 is 0 Å². The fourth-order valence-electron chi connectivity index (χ4n) is 1.96. The highest BCUT2D eigenvalue weighted by atomic mass is 35.5. The van der Waals surface area contributed by atoms with E-state index in [1.54, 1.807) is 26.0 Å². The second-order valence-corrected chi connectivity index (χ2v) is 8.22. The van der Waals surface area contributed by atoms with Crippen molar-refractivity contribution >= 4 is 45.6 Å². The Bertz CT molecular complexity index is 660. The summed E-state index contributed by atoms with van der Waals surface area (Å²) in [6, 6.07) is 3.35. The van der Waals surface area contributed by atoms with Crippen LogP contribution in [0.2, 0.25) is 0 Å². The number of halogens is 1. The third-order valence-electron chi connectivity index (χ3n) is 3.26. The molecular weight excluding hydrogens is 388 g/mol. The van der Waals surface area contributed by atoms with Gasteiger partial charge in [0.25, 0.3) is 10.0 Å². The topological polar surface area (TPSA) is 122 Å². The third-order valence-corrected chi connectivity index (χ3v) is 6.92. The van der Waals surface area contributed by atoms with Crippen LogP contribution in [0.15, 0.2) is 16.3 Å². The second-order valence-electron chi connectivity index (χ2n) is 4.89. The first-order valence-corrected chi connectivity index (χ1v) is 9.93. The summed E-state index contributed by atoms with van der Waals surface area (Å²) in [6.45, 7) is 4.54. The summed E-state index contributed by atoms with van der Waals surface area (Å²) in [5, 5.41) is 5.03. The van der Waals surface area contributed by atoms with Crippen molar-refractivity contribution in [3.8, 4) is 0 Å². The molecule has 0 aromatic carbocycles. The Kier molecular flexibility index (Phi) is 10.9. The number of rotatable bonds is 10. The largest absolute Gasteiger partial charge is 0.354 e. The van der Waals surface area contributed by atoms with Gasteiger partial charge in [-0.3, -0.25) is 9.59 Å². The first-order valence-electron chi connectivity index (χ1n) is 7.67. The van der Waals surface area contributed by atoms with Crippen LogP contribution in [0.1, 0.15) is 18.7 Å². The number of nitrogens with zero attached hydrogens (tertiary/aromatic N) is 1. The number of carbonyl (C=O) groups excluding carboxylic acids is 2. The summed E-state index contributed by atoms with van der Waals surface area (Å²) in [4.78, 5) is 23.3. The molecular formula is C14H25ClN4O4S2. The summed E-state index contributed by atoms with van der Waals surface area (Å²) in [5.41, 5.74) is 5.12. The van der Waals surface area contributed by atoms with Gasteiger partial charge < -0.3 is 16.4 Å². The highest BCUT2D eigenvalue weighted by Crippen LogP contribution is 2.25. The molecule has 2 amide bonds. The van der Waals surface area contributed by atoms with Gasteiger partial charge in [-0.1, -0.05) is 13.8 Å². The molecule has 0 radical (unpaired) electrons. The van der Waals surface area contributed by atoms with E-state index in [0.29, 0.717) is 30.3 Å². The fraction of sp³-hybridized carbons (Fsp3) is 0.571. The predicted octanol–water partition coefficient (Wildman–Crippen LogP) is -0.0660. The lowest BCUT2D eigenvalue weighted by molar-refractivity contribution is -0.125. The molecule has 0 aliphatic heterocycles. The van der Waals surface area contributed by atoms with Crippen molar-refractivity contribution in [2.24, 2.45) is 5.73 Å². The summed E-state index contributed by atoms with van der Waals surface area (Å²) in [6.07, 6.45) is 0.523. The van der Waals surface area contributed by atoms with Crippen molar-refractivity contribution < 1.29 is 18.0 Å². The van der Waals surface area contributed by atoms with Gasteiger partial charge in [-0.25, -0.2) is 8.42 Å². The fourth-order valence-corrected chi connectivity index (χ4v) is 4.93. The van der Waals surface area contributed by atoms with Crippen molar-refractivity contribution in [3.63, 3.8) is 0 Å². The quantitative estimate of drug-likeness (QED) is 0.496. The summed E-state index contributed by atoms with van der Waals surface area (Å²) in [5.74, 6) is -0.709. The molecule has 1 rings (SSSR count). The van der Waals surface area contributed by atoms with Gasteiger partial charge in [0.05, 0.1) is 13.1 Å². The normalized spacial score (nSPS) is 11.0. The molecule has 0 saturated heterocycles. The number of nitrogens with two attached hydrogens (primary N) is 1. The molecule has 0 aliphatic carbocycles. The zero-order valence-electron chi connectivity index (χ0n) is 14.3. The van der Waals surface area contributed by atoms with Crippen LogP contribution in [0.4, 0.5) is 0 Å². The standard InChI is InChI=1S/C14H24N4O4S2.ClH/c1-3-18(4-2)24(21,22)14-6-5-11(23-14)7-8-16-13(20)10-17-12(19)9-15;/h5-6H,3-4,7-10,15H2,1-2H3,(H,16,20)(H,17,19);1H. The molecule has 1 aromatic rings. The molecule has 25 heavy (non-hydrogen) atoms. The highest BCUT2D eigenvalue weighted by molar-refractivity contribution is 7.91. The van der Waals surface area contributed by atoms with E-state index in [2.05, 4.69) is 10.6 Å². The van der Waals surface area contributed by atoms with E-state index in [1.165, 1.54) is 15.6 Å². The van der Waals surface area contributed by atoms with Crippen molar-refractivity contribution in [1.29, 1.82) is 0 Å². The van der Waals surface area contributed by atoms with Gasteiger partial charge in [-0.15, -0.1) is 23.7 Å². The van der Waals surface area contributed by atoms with Crippen LogP contribution in [-0.4, -0.2) is 57.3 Å². The molecule has 0 spiro atoms. The van der Waals surface area contributed by atoms with Gasteiger partial charge in [0.1, 0.15) is 4.21 Å². The van der Waals surface area contributed by atoms with Gasteiger partial charge in [0.2, 0.25) is 11.8 Å². The third kappa shape index (κ3) is 7.28. The first kappa shape index (κ1) is 23.8. The van der Waals surface area contributed by atoms with E-state index in [4.69, 9.17) is 5.73 Å². The first-order chi connectivity index (χ1) is 11.3. The number of sulfonamides is 1. The Morgan fingerprint density at radius 2 is 1.80 bits per heavy atom. The summed E-state index contributed by atoms with van der Waals surface area (Å²) < 4.78 is 26.5. The van der Waals surface area contributed by atoms with Crippen molar-refractivity contribution in [2.45, 2.75) is 24.5 Å². The molecule has 0 fully saturated rings. The maximum Gasteiger partial charge on any atom is 0.252 e. The molecule has 144 valence electrons. The molecule has 4 N–H and O–H groups in total. The maximum atomic E-state index is 12.4. The Morgan fingerprint density at radius 1 is 1.16 bits per heavy atom. The van der Waals surface area contributed by atoms with Crippen LogP contribution in [-0.2, 0) is 26.0 Å². The average Bonchev–Trinajstić information content (AvgIpc) is 3.03. The van der Waals surface area contributed by atoms with E-state index in [0.717, 1.165) is 4.88 Å². The zero-order chi connectivity index (χ0) is 18.2. The SMILES string of the molecule is CCN(CC)S(=O)(=O)c1ccc(CCNC(=O)CNC(=O)CN)s1.Cl. The Hall–Kier alpha value is -1.20. The minimum Gasteiger partial charge on any atom is -0.354 e. The Labute approximate surface area is 158 Å². The lowest BCUT2D eigenvalue weighted by atomic mass is 10.3. The molecule has 11 heteroatoms. The molecule has 0 unspecified atom stereocenters. The number of hydrogen-bond donors (Lipinski definition) is 3. The number of amides is 2. The molecule has 1 aromatic heterocycles. The van der Waals surface area contributed by atoms with Crippen molar-refractivity contribution in [1.82, 2.24) is 14.9 Å². The van der Waals surface area contributed by atoms with E-state index in [-0.39, 0.29) is 31.4 Å².